The fourth-order valence-electron chi connectivity index (χ4n) is 2.63. The molecule has 26 heavy (non-hydrogen) atoms. The van der Waals surface area contributed by atoms with Crippen LogP contribution in [0.4, 0.5) is 13.6 Å². The van der Waals surface area contributed by atoms with Crippen molar-refractivity contribution in [1.29, 1.82) is 0 Å². The van der Waals surface area contributed by atoms with Gasteiger partial charge in [-0.3, -0.25) is 4.90 Å². The standard InChI is InChI=1S/C17H22F2N4O3/c1-16(2,3)26-15(24)23-9-13(21-22-20)17(18,19)14(23)11-25-10-12-7-5-4-6-8-12/h4-8,13-14H,9-11H2,1-3H3/t13-,14-/m1/s1. The predicted molar refractivity (Wildman–Crippen MR) is 90.7 cm³/mol. The molecule has 0 spiro atoms. The lowest BCUT2D eigenvalue weighted by atomic mass is 10.1. The van der Waals surface area contributed by atoms with E-state index in [1.54, 1.807) is 32.9 Å². The second-order valence-corrected chi connectivity index (χ2v) is 7.04. The van der Waals surface area contributed by atoms with Gasteiger partial charge >= 0.3 is 6.09 Å². The highest BCUT2D eigenvalue weighted by Gasteiger charge is 2.58. The minimum Gasteiger partial charge on any atom is -0.444 e. The van der Waals surface area contributed by atoms with Crippen LogP contribution in [0.2, 0.25) is 0 Å². The molecule has 0 N–H and O–H groups in total. The lowest BCUT2D eigenvalue weighted by Gasteiger charge is -2.30. The van der Waals surface area contributed by atoms with Gasteiger partial charge in [0.25, 0.3) is 5.92 Å². The van der Waals surface area contributed by atoms with E-state index in [2.05, 4.69) is 10.0 Å². The molecule has 0 radical (unpaired) electrons. The minimum atomic E-state index is -3.42. The van der Waals surface area contributed by atoms with Crippen LogP contribution in [0.5, 0.6) is 0 Å². The average Bonchev–Trinajstić information content (AvgIpc) is 2.79. The Morgan fingerprint density at radius 2 is 2.04 bits per heavy atom. The molecule has 1 aliphatic rings. The molecule has 2 atom stereocenters. The van der Waals surface area contributed by atoms with Gasteiger partial charge in [-0.05, 0) is 31.9 Å². The molecule has 1 aromatic carbocycles. The number of ether oxygens (including phenoxy) is 2. The number of halogens is 2. The highest BCUT2D eigenvalue weighted by Crippen LogP contribution is 2.37. The summed E-state index contributed by atoms with van der Waals surface area (Å²) >= 11 is 0. The van der Waals surface area contributed by atoms with Crippen molar-refractivity contribution < 1.29 is 23.0 Å². The number of carbonyl (C=O) groups is 1. The first-order valence-electron chi connectivity index (χ1n) is 8.18. The summed E-state index contributed by atoms with van der Waals surface area (Å²) in [7, 11) is 0. The molecule has 1 aromatic rings. The van der Waals surface area contributed by atoms with Gasteiger partial charge in [0, 0.05) is 11.5 Å². The summed E-state index contributed by atoms with van der Waals surface area (Å²) in [6.07, 6.45) is -0.888. The van der Waals surface area contributed by atoms with E-state index in [4.69, 9.17) is 15.0 Å². The normalized spacial score (nSPS) is 22.0. The van der Waals surface area contributed by atoms with Crippen LogP contribution in [0.15, 0.2) is 35.4 Å². The molecule has 0 bridgehead atoms. The fourth-order valence-corrected chi connectivity index (χ4v) is 2.63. The highest BCUT2D eigenvalue weighted by molar-refractivity contribution is 5.69. The number of rotatable bonds is 5. The molecule has 1 fully saturated rings. The Kier molecular flexibility index (Phi) is 6.05. The Bertz CT molecular complexity index is 672. The first-order chi connectivity index (χ1) is 12.1. The van der Waals surface area contributed by atoms with Crippen LogP contribution < -0.4 is 0 Å². The Morgan fingerprint density at radius 1 is 1.38 bits per heavy atom. The quantitative estimate of drug-likeness (QED) is 0.445. The van der Waals surface area contributed by atoms with Crippen LogP contribution in [-0.2, 0) is 16.1 Å². The van der Waals surface area contributed by atoms with Gasteiger partial charge < -0.3 is 9.47 Å². The van der Waals surface area contributed by atoms with Crippen molar-refractivity contribution in [3.05, 3.63) is 46.3 Å². The van der Waals surface area contributed by atoms with Gasteiger partial charge in [-0.25, -0.2) is 13.6 Å². The number of azide groups is 1. The van der Waals surface area contributed by atoms with E-state index < -0.39 is 42.9 Å². The number of hydrogen-bond donors (Lipinski definition) is 0. The van der Waals surface area contributed by atoms with Gasteiger partial charge in [0.05, 0.1) is 13.2 Å². The van der Waals surface area contributed by atoms with Crippen LogP contribution in [0, 0.1) is 0 Å². The van der Waals surface area contributed by atoms with Gasteiger partial charge in [0.1, 0.15) is 17.7 Å². The first kappa shape index (κ1) is 19.9. The Balaban J connectivity index is 2.13. The van der Waals surface area contributed by atoms with Crippen molar-refractivity contribution in [1.82, 2.24) is 4.90 Å². The summed E-state index contributed by atoms with van der Waals surface area (Å²) in [5.41, 5.74) is 8.53. The summed E-state index contributed by atoms with van der Waals surface area (Å²) in [6.45, 7) is 4.23. The second-order valence-electron chi connectivity index (χ2n) is 7.04. The molecule has 0 aromatic heterocycles. The van der Waals surface area contributed by atoms with Crippen molar-refractivity contribution >= 4 is 6.09 Å². The van der Waals surface area contributed by atoms with Crippen molar-refractivity contribution in [3.63, 3.8) is 0 Å². The Labute approximate surface area is 150 Å². The molecule has 7 nitrogen and oxygen atoms in total. The third-order valence-corrected chi connectivity index (χ3v) is 3.84. The third kappa shape index (κ3) is 4.83. The molecule has 9 heteroatoms. The molecule has 1 amide bonds. The maximum absolute atomic E-state index is 14.6. The SMILES string of the molecule is CC(C)(C)OC(=O)N1C[C@@H](N=[N+]=[N-])C(F)(F)[C@H]1COCc1ccccc1. The monoisotopic (exact) mass is 368 g/mol. The summed E-state index contributed by atoms with van der Waals surface area (Å²) < 4.78 is 39.9. The van der Waals surface area contributed by atoms with Gasteiger partial charge in [-0.1, -0.05) is 35.4 Å². The molecule has 1 saturated heterocycles. The van der Waals surface area contributed by atoms with Crippen LogP contribution in [0.25, 0.3) is 10.4 Å². The summed E-state index contributed by atoms with van der Waals surface area (Å²) in [5, 5.41) is 3.15. The fraction of sp³-hybridized carbons (Fsp3) is 0.588. The molecule has 2 rings (SSSR count). The number of amides is 1. The van der Waals surface area contributed by atoms with E-state index >= 15 is 0 Å². The van der Waals surface area contributed by atoms with E-state index in [1.807, 2.05) is 18.2 Å². The van der Waals surface area contributed by atoms with Crippen molar-refractivity contribution in [2.24, 2.45) is 5.11 Å². The highest BCUT2D eigenvalue weighted by atomic mass is 19.3. The van der Waals surface area contributed by atoms with Crippen molar-refractivity contribution in [2.45, 2.75) is 51.0 Å². The van der Waals surface area contributed by atoms with Crippen LogP contribution >= 0.6 is 0 Å². The number of alkyl halides is 2. The van der Waals surface area contributed by atoms with Gasteiger partial charge in [-0.2, -0.15) is 0 Å². The predicted octanol–water partition coefficient (Wildman–Crippen LogP) is 4.14. The number of benzene rings is 1. The lowest BCUT2D eigenvalue weighted by molar-refractivity contribution is -0.0764. The van der Waals surface area contributed by atoms with E-state index in [1.165, 1.54) is 0 Å². The number of hydrogen-bond acceptors (Lipinski definition) is 4. The molecule has 1 heterocycles. The summed E-state index contributed by atoms with van der Waals surface area (Å²) in [4.78, 5) is 15.7. The number of nitrogens with zero attached hydrogens (tertiary/aromatic N) is 4. The largest absolute Gasteiger partial charge is 0.444 e. The number of likely N-dealkylation sites (tertiary alicyclic amines) is 1. The maximum Gasteiger partial charge on any atom is 0.410 e. The van der Waals surface area contributed by atoms with Gasteiger partial charge in [0.2, 0.25) is 0 Å². The average molecular weight is 368 g/mol. The van der Waals surface area contributed by atoms with E-state index in [0.29, 0.717) is 0 Å². The first-order valence-corrected chi connectivity index (χ1v) is 8.18. The summed E-state index contributed by atoms with van der Waals surface area (Å²) in [6, 6.07) is 5.84. The van der Waals surface area contributed by atoms with Crippen LogP contribution in [0.3, 0.4) is 0 Å². The molecule has 0 saturated carbocycles. The summed E-state index contributed by atoms with van der Waals surface area (Å²) in [5.74, 6) is -3.42. The third-order valence-electron chi connectivity index (χ3n) is 3.84. The minimum absolute atomic E-state index is 0.127. The van der Waals surface area contributed by atoms with E-state index in [9.17, 15) is 13.6 Å². The van der Waals surface area contributed by atoms with Crippen molar-refractivity contribution in [2.75, 3.05) is 13.2 Å². The zero-order valence-electron chi connectivity index (χ0n) is 14.9. The lowest BCUT2D eigenvalue weighted by Crippen LogP contribution is -2.48. The van der Waals surface area contributed by atoms with Gasteiger partial charge in [-0.15, -0.1) is 0 Å². The van der Waals surface area contributed by atoms with E-state index in [0.717, 1.165) is 10.5 Å². The Morgan fingerprint density at radius 3 is 2.62 bits per heavy atom. The van der Waals surface area contributed by atoms with Crippen LogP contribution in [0.1, 0.15) is 26.3 Å². The van der Waals surface area contributed by atoms with Gasteiger partial charge in [0.15, 0.2) is 0 Å². The smallest absolute Gasteiger partial charge is 0.410 e. The zero-order valence-corrected chi connectivity index (χ0v) is 14.9. The maximum atomic E-state index is 14.6. The molecule has 0 unspecified atom stereocenters. The van der Waals surface area contributed by atoms with E-state index in [-0.39, 0.29) is 6.61 Å². The number of carbonyl (C=O) groups excluding carboxylic acids is 1. The molecule has 1 aliphatic heterocycles. The molecular weight excluding hydrogens is 346 g/mol. The van der Waals surface area contributed by atoms with Crippen molar-refractivity contribution in [3.8, 4) is 0 Å². The molecule has 0 aliphatic carbocycles. The Hall–Kier alpha value is -2.38. The second kappa shape index (κ2) is 7.88. The zero-order chi connectivity index (χ0) is 19.4. The molecular formula is C17H22F2N4O3. The van der Waals surface area contributed by atoms with Crippen LogP contribution in [-0.4, -0.2) is 47.8 Å². The topological polar surface area (TPSA) is 87.5 Å². The molecule has 142 valence electrons.